The number of fused-ring (bicyclic) bond motifs is 1. The molecule has 7 heteroatoms. The topological polar surface area (TPSA) is 77.6 Å². The van der Waals surface area contributed by atoms with Crippen molar-refractivity contribution in [2.24, 2.45) is 0 Å². The second kappa shape index (κ2) is 8.10. The van der Waals surface area contributed by atoms with Gasteiger partial charge in [-0.3, -0.25) is 10.1 Å². The first-order valence-electron chi connectivity index (χ1n) is 10.5. The van der Waals surface area contributed by atoms with E-state index >= 15 is 0 Å². The van der Waals surface area contributed by atoms with Crippen LogP contribution < -0.4 is 5.32 Å². The van der Waals surface area contributed by atoms with Gasteiger partial charge in [-0.15, -0.1) is 0 Å². The third kappa shape index (κ3) is 3.70. The van der Waals surface area contributed by atoms with Crippen LogP contribution in [0.25, 0.3) is 11.0 Å². The van der Waals surface area contributed by atoms with Crippen molar-refractivity contribution in [2.45, 2.75) is 44.7 Å². The Hall–Kier alpha value is -3.48. The van der Waals surface area contributed by atoms with Crippen LogP contribution in [0.1, 0.15) is 54.1 Å². The Morgan fingerprint density at radius 2 is 1.83 bits per heavy atom. The summed E-state index contributed by atoms with van der Waals surface area (Å²) in [5.41, 5.74) is 3.68. The molecule has 30 heavy (non-hydrogen) atoms. The molecular weight excluding hydrogens is 376 g/mol. The van der Waals surface area contributed by atoms with Crippen molar-refractivity contribution >= 4 is 22.9 Å². The maximum Gasteiger partial charge on any atom is 0.257 e. The van der Waals surface area contributed by atoms with Crippen LogP contribution in [0.3, 0.4) is 0 Å². The van der Waals surface area contributed by atoms with Gasteiger partial charge in [0.2, 0.25) is 5.95 Å². The molecule has 5 rings (SSSR count). The minimum absolute atomic E-state index is 0.144. The molecule has 1 saturated carbocycles. The van der Waals surface area contributed by atoms with Crippen molar-refractivity contribution in [2.75, 3.05) is 5.32 Å². The quantitative estimate of drug-likeness (QED) is 0.537. The Kier molecular flexibility index (Phi) is 5.01. The summed E-state index contributed by atoms with van der Waals surface area (Å²) in [6, 6.07) is 16.1. The number of benzene rings is 2. The van der Waals surface area contributed by atoms with Gasteiger partial charge in [-0.05, 0) is 42.7 Å². The number of amides is 1. The number of nitrogens with zero attached hydrogens (tertiary/aromatic N) is 5. The summed E-state index contributed by atoms with van der Waals surface area (Å²) in [7, 11) is 0. The van der Waals surface area contributed by atoms with Gasteiger partial charge in [0, 0.05) is 11.6 Å². The normalized spacial score (nSPS) is 14.8. The third-order valence-corrected chi connectivity index (χ3v) is 5.79. The summed E-state index contributed by atoms with van der Waals surface area (Å²) in [4.78, 5) is 21.6. The van der Waals surface area contributed by atoms with Crippen molar-refractivity contribution in [3.63, 3.8) is 0 Å². The predicted molar refractivity (Wildman–Crippen MR) is 115 cm³/mol. The molecule has 0 saturated heterocycles. The van der Waals surface area contributed by atoms with Gasteiger partial charge in [-0.1, -0.05) is 43.5 Å². The van der Waals surface area contributed by atoms with E-state index < -0.39 is 0 Å². The van der Waals surface area contributed by atoms with E-state index in [0.717, 1.165) is 29.4 Å². The molecule has 0 aliphatic heterocycles. The molecular formula is C23H24N6O. The van der Waals surface area contributed by atoms with Gasteiger partial charge in [0.1, 0.15) is 12.7 Å². The van der Waals surface area contributed by atoms with Crippen molar-refractivity contribution < 1.29 is 4.79 Å². The molecule has 0 bridgehead atoms. The standard InChI is InChI=1S/C23H24N6O/c30-22(18-12-10-17(11-13-18)14-28-16-24-15-25-28)27-23-26-20-8-4-5-9-21(20)29(23)19-6-2-1-3-7-19/h4-5,8-13,15-16,19H,1-3,6-7,14H2,(H,26,27,30). The maximum atomic E-state index is 13.0. The van der Waals surface area contributed by atoms with E-state index in [-0.39, 0.29) is 5.91 Å². The lowest BCUT2D eigenvalue weighted by Crippen LogP contribution is -2.20. The van der Waals surface area contributed by atoms with E-state index in [1.54, 1.807) is 11.0 Å². The lowest BCUT2D eigenvalue weighted by atomic mass is 9.95. The summed E-state index contributed by atoms with van der Waals surface area (Å²) in [5, 5.41) is 7.18. The van der Waals surface area contributed by atoms with Crippen LogP contribution in [0, 0.1) is 0 Å². The van der Waals surface area contributed by atoms with Gasteiger partial charge >= 0.3 is 0 Å². The van der Waals surface area contributed by atoms with Gasteiger partial charge in [0.15, 0.2) is 0 Å². The fraction of sp³-hybridized carbons (Fsp3) is 0.304. The highest BCUT2D eigenvalue weighted by Gasteiger charge is 2.22. The van der Waals surface area contributed by atoms with Crippen LogP contribution in [0.4, 0.5) is 5.95 Å². The number of hydrogen-bond acceptors (Lipinski definition) is 4. The average Bonchev–Trinajstić information content (AvgIpc) is 3.42. The van der Waals surface area contributed by atoms with Crippen molar-refractivity contribution in [3.05, 3.63) is 72.3 Å². The van der Waals surface area contributed by atoms with E-state index in [1.807, 2.05) is 42.5 Å². The molecule has 0 atom stereocenters. The molecule has 2 aromatic carbocycles. The smallest absolute Gasteiger partial charge is 0.257 e. The van der Waals surface area contributed by atoms with Crippen LogP contribution in [0.5, 0.6) is 0 Å². The Balaban J connectivity index is 1.39. The van der Waals surface area contributed by atoms with Crippen molar-refractivity contribution in [1.29, 1.82) is 0 Å². The number of hydrogen-bond donors (Lipinski definition) is 1. The van der Waals surface area contributed by atoms with Crippen LogP contribution in [0.15, 0.2) is 61.2 Å². The number of para-hydroxylation sites is 2. The lowest BCUT2D eigenvalue weighted by molar-refractivity contribution is 0.102. The second-order valence-corrected chi connectivity index (χ2v) is 7.83. The number of nitrogens with one attached hydrogen (secondary N) is 1. The second-order valence-electron chi connectivity index (χ2n) is 7.83. The number of rotatable bonds is 5. The van der Waals surface area contributed by atoms with Crippen molar-refractivity contribution in [1.82, 2.24) is 24.3 Å². The molecule has 152 valence electrons. The molecule has 0 radical (unpaired) electrons. The van der Waals surface area contributed by atoms with E-state index in [4.69, 9.17) is 4.98 Å². The molecule has 1 aliphatic rings. The summed E-state index contributed by atoms with van der Waals surface area (Å²) in [6.07, 6.45) is 9.17. The van der Waals surface area contributed by atoms with E-state index in [0.29, 0.717) is 24.1 Å². The maximum absolute atomic E-state index is 13.0. The number of carbonyl (C=O) groups is 1. The average molecular weight is 400 g/mol. The monoisotopic (exact) mass is 400 g/mol. The van der Waals surface area contributed by atoms with Gasteiger partial charge < -0.3 is 4.57 Å². The number of imidazole rings is 1. The first-order valence-corrected chi connectivity index (χ1v) is 10.5. The third-order valence-electron chi connectivity index (χ3n) is 5.79. The lowest BCUT2D eigenvalue weighted by Gasteiger charge is -2.25. The molecule has 0 spiro atoms. The van der Waals surface area contributed by atoms with E-state index in [1.165, 1.54) is 25.6 Å². The van der Waals surface area contributed by atoms with Crippen molar-refractivity contribution in [3.8, 4) is 0 Å². The summed E-state index contributed by atoms with van der Waals surface area (Å²) in [5.74, 6) is 0.495. The molecule has 7 nitrogen and oxygen atoms in total. The van der Waals surface area contributed by atoms with Crippen LogP contribution >= 0.6 is 0 Å². The van der Waals surface area contributed by atoms with Gasteiger partial charge in [0.05, 0.1) is 17.6 Å². The Labute approximate surface area is 174 Å². The fourth-order valence-electron chi connectivity index (χ4n) is 4.28. The summed E-state index contributed by atoms with van der Waals surface area (Å²) in [6.45, 7) is 0.624. The molecule has 1 amide bonds. The zero-order chi connectivity index (χ0) is 20.3. The Morgan fingerprint density at radius 3 is 2.60 bits per heavy atom. The van der Waals surface area contributed by atoms with Crippen LogP contribution in [-0.4, -0.2) is 30.2 Å². The highest BCUT2D eigenvalue weighted by Crippen LogP contribution is 2.34. The molecule has 2 heterocycles. The van der Waals surface area contributed by atoms with Gasteiger partial charge in [-0.2, -0.15) is 5.10 Å². The molecule has 0 unspecified atom stereocenters. The Bertz CT molecular complexity index is 1140. The number of aromatic nitrogens is 5. The highest BCUT2D eigenvalue weighted by atomic mass is 16.1. The summed E-state index contributed by atoms with van der Waals surface area (Å²) < 4.78 is 3.98. The van der Waals surface area contributed by atoms with Gasteiger partial charge in [-0.25, -0.2) is 14.6 Å². The zero-order valence-corrected chi connectivity index (χ0v) is 16.7. The van der Waals surface area contributed by atoms with Crippen LogP contribution in [0.2, 0.25) is 0 Å². The first kappa shape index (κ1) is 18.5. The first-order chi connectivity index (χ1) is 14.8. The molecule has 1 N–H and O–H groups in total. The highest BCUT2D eigenvalue weighted by molar-refractivity contribution is 6.04. The SMILES string of the molecule is O=C(Nc1nc2ccccc2n1C1CCCCC1)c1ccc(Cn2cncn2)cc1. The molecule has 1 fully saturated rings. The van der Waals surface area contributed by atoms with E-state index in [2.05, 4.69) is 26.0 Å². The minimum Gasteiger partial charge on any atom is -0.307 e. The molecule has 4 aromatic rings. The largest absolute Gasteiger partial charge is 0.307 e. The number of anilines is 1. The fourth-order valence-corrected chi connectivity index (χ4v) is 4.28. The zero-order valence-electron chi connectivity index (χ0n) is 16.7. The van der Waals surface area contributed by atoms with E-state index in [9.17, 15) is 4.79 Å². The number of carbonyl (C=O) groups excluding carboxylic acids is 1. The Morgan fingerprint density at radius 1 is 1.03 bits per heavy atom. The molecule has 2 aromatic heterocycles. The minimum atomic E-state index is -0.144. The van der Waals surface area contributed by atoms with Crippen LogP contribution in [-0.2, 0) is 6.54 Å². The predicted octanol–water partition coefficient (Wildman–Crippen LogP) is 4.43. The summed E-state index contributed by atoms with van der Waals surface area (Å²) >= 11 is 0. The van der Waals surface area contributed by atoms with Gasteiger partial charge in [0.25, 0.3) is 5.91 Å². The molecule has 1 aliphatic carbocycles.